The van der Waals surface area contributed by atoms with Gasteiger partial charge in [0.25, 0.3) is 0 Å². The van der Waals surface area contributed by atoms with Crippen LogP contribution in [0.3, 0.4) is 0 Å². The molecular formula is C23H20ClFN4O4. The van der Waals surface area contributed by atoms with Crippen LogP contribution >= 0.6 is 11.6 Å². The van der Waals surface area contributed by atoms with Gasteiger partial charge in [-0.2, -0.15) is 0 Å². The average Bonchev–Trinajstić information content (AvgIpc) is 3.33. The summed E-state index contributed by atoms with van der Waals surface area (Å²) in [7, 11) is 0. The predicted octanol–water partition coefficient (Wildman–Crippen LogP) is 1.58. The lowest BCUT2D eigenvalue weighted by molar-refractivity contribution is -0.143. The molecule has 0 bridgehead atoms. The highest BCUT2D eigenvalue weighted by Gasteiger charge is 2.70. The van der Waals surface area contributed by atoms with Crippen LogP contribution in [0.1, 0.15) is 23.1 Å². The number of fused-ring (bicyclic) bond motifs is 4. The van der Waals surface area contributed by atoms with Gasteiger partial charge in [0.05, 0.1) is 24.1 Å². The van der Waals surface area contributed by atoms with E-state index in [2.05, 4.69) is 10.6 Å². The monoisotopic (exact) mass is 470 g/mol. The summed E-state index contributed by atoms with van der Waals surface area (Å²) in [6.45, 7) is 1.68. The maximum Gasteiger partial charge on any atom is 0.250 e. The van der Waals surface area contributed by atoms with Gasteiger partial charge in [-0.25, -0.2) is 4.39 Å². The Bertz CT molecular complexity index is 1230. The first-order chi connectivity index (χ1) is 15.6. The van der Waals surface area contributed by atoms with E-state index in [9.17, 15) is 23.6 Å². The van der Waals surface area contributed by atoms with Crippen molar-refractivity contribution >= 4 is 40.9 Å². The molecule has 8 nitrogen and oxygen atoms in total. The van der Waals surface area contributed by atoms with Crippen molar-refractivity contribution in [3.63, 3.8) is 0 Å². The molecule has 4 N–H and O–H groups in total. The van der Waals surface area contributed by atoms with Gasteiger partial charge in [-0.15, -0.1) is 0 Å². The number of nitrogens with two attached hydrogens (primary N) is 1. The van der Waals surface area contributed by atoms with Gasteiger partial charge < -0.3 is 11.1 Å². The van der Waals surface area contributed by atoms with Crippen molar-refractivity contribution in [3.05, 3.63) is 63.9 Å². The molecule has 2 saturated heterocycles. The zero-order valence-corrected chi connectivity index (χ0v) is 18.3. The molecule has 2 aromatic rings. The third-order valence-corrected chi connectivity index (χ3v) is 7.26. The molecule has 4 atom stereocenters. The summed E-state index contributed by atoms with van der Waals surface area (Å²) >= 11 is 6.23. The molecule has 10 heteroatoms. The molecule has 2 aromatic carbocycles. The van der Waals surface area contributed by atoms with Crippen LogP contribution in [0.25, 0.3) is 0 Å². The van der Waals surface area contributed by atoms with E-state index in [0.29, 0.717) is 27.4 Å². The molecule has 0 saturated carbocycles. The number of amides is 4. The SMILES string of the molecule is Cc1c(Cl)ccc2c1NC(=O)[C@]21N[C@@H](CC(N)=O)[C@H]2C(=O)N(Cc3ccc(F)cc3)C(=O)[C@H]21. The molecule has 1 spiro atoms. The number of anilines is 1. The molecule has 170 valence electrons. The lowest BCUT2D eigenvalue weighted by Gasteiger charge is -2.29. The number of hydrogen-bond acceptors (Lipinski definition) is 5. The van der Waals surface area contributed by atoms with Gasteiger partial charge in [0.15, 0.2) is 0 Å². The minimum atomic E-state index is -1.54. The van der Waals surface area contributed by atoms with Crippen LogP contribution < -0.4 is 16.4 Å². The van der Waals surface area contributed by atoms with E-state index in [1.54, 1.807) is 19.1 Å². The number of nitrogens with zero attached hydrogens (tertiary/aromatic N) is 1. The number of rotatable bonds is 4. The molecule has 3 heterocycles. The topological polar surface area (TPSA) is 122 Å². The quantitative estimate of drug-likeness (QED) is 0.586. The Morgan fingerprint density at radius 1 is 1.15 bits per heavy atom. The van der Waals surface area contributed by atoms with Crippen molar-refractivity contribution in [2.24, 2.45) is 17.6 Å². The first kappa shape index (κ1) is 21.5. The van der Waals surface area contributed by atoms with E-state index in [0.717, 1.165) is 4.90 Å². The molecule has 0 aliphatic carbocycles. The number of imide groups is 1. The number of benzene rings is 2. The second kappa shape index (κ2) is 7.36. The number of carbonyl (C=O) groups excluding carboxylic acids is 4. The fourth-order valence-electron chi connectivity index (χ4n) is 5.37. The Morgan fingerprint density at radius 3 is 2.52 bits per heavy atom. The molecular weight excluding hydrogens is 451 g/mol. The molecule has 5 rings (SSSR count). The minimum Gasteiger partial charge on any atom is -0.370 e. The molecule has 4 amide bonds. The molecule has 3 aliphatic heterocycles. The Labute approximate surface area is 193 Å². The Hall–Kier alpha value is -3.30. The van der Waals surface area contributed by atoms with Gasteiger partial charge in [-0.1, -0.05) is 29.8 Å². The van der Waals surface area contributed by atoms with Gasteiger partial charge in [0.2, 0.25) is 23.6 Å². The summed E-state index contributed by atoms with van der Waals surface area (Å²) < 4.78 is 13.3. The molecule has 3 aliphatic rings. The fraction of sp³-hybridized carbons (Fsp3) is 0.304. The number of primary amides is 1. The lowest BCUT2D eigenvalue weighted by atomic mass is 9.76. The van der Waals surface area contributed by atoms with Crippen LogP contribution in [0.2, 0.25) is 5.02 Å². The van der Waals surface area contributed by atoms with Crippen molar-refractivity contribution in [1.82, 2.24) is 10.2 Å². The summed E-state index contributed by atoms with van der Waals surface area (Å²) in [5.41, 5.74) is 6.06. The largest absolute Gasteiger partial charge is 0.370 e. The Kier molecular flexibility index (Phi) is 4.80. The Balaban J connectivity index is 1.61. The van der Waals surface area contributed by atoms with Crippen LogP contribution in [0.5, 0.6) is 0 Å². The number of nitrogens with one attached hydrogen (secondary N) is 2. The van der Waals surface area contributed by atoms with Gasteiger partial charge in [0, 0.05) is 23.0 Å². The van der Waals surface area contributed by atoms with E-state index in [4.69, 9.17) is 17.3 Å². The van der Waals surface area contributed by atoms with Crippen LogP contribution in [0.4, 0.5) is 10.1 Å². The number of likely N-dealkylation sites (tertiary alicyclic amines) is 1. The Morgan fingerprint density at radius 2 is 1.85 bits per heavy atom. The van der Waals surface area contributed by atoms with Crippen molar-refractivity contribution < 1.29 is 23.6 Å². The van der Waals surface area contributed by atoms with E-state index in [-0.39, 0.29) is 13.0 Å². The highest BCUT2D eigenvalue weighted by molar-refractivity contribution is 6.32. The van der Waals surface area contributed by atoms with E-state index in [1.807, 2.05) is 0 Å². The first-order valence-electron chi connectivity index (χ1n) is 10.4. The average molecular weight is 471 g/mol. The fourth-order valence-corrected chi connectivity index (χ4v) is 5.53. The van der Waals surface area contributed by atoms with Crippen LogP contribution in [0.15, 0.2) is 36.4 Å². The van der Waals surface area contributed by atoms with Crippen molar-refractivity contribution in [2.75, 3.05) is 5.32 Å². The highest BCUT2D eigenvalue weighted by atomic mass is 35.5. The van der Waals surface area contributed by atoms with Crippen molar-refractivity contribution in [3.8, 4) is 0 Å². The second-order valence-electron chi connectivity index (χ2n) is 8.67. The summed E-state index contributed by atoms with van der Waals surface area (Å²) in [6, 6.07) is 7.94. The molecule has 2 fully saturated rings. The molecule has 0 radical (unpaired) electrons. The summed E-state index contributed by atoms with van der Waals surface area (Å²) in [6.07, 6.45) is -0.221. The van der Waals surface area contributed by atoms with E-state index in [1.165, 1.54) is 24.3 Å². The predicted molar refractivity (Wildman–Crippen MR) is 116 cm³/mol. The number of hydrogen-bond donors (Lipinski definition) is 3. The lowest BCUT2D eigenvalue weighted by Crippen LogP contribution is -2.53. The van der Waals surface area contributed by atoms with Gasteiger partial charge in [-0.3, -0.25) is 29.4 Å². The minimum absolute atomic E-state index is 0.0710. The number of halogens is 2. The third-order valence-electron chi connectivity index (χ3n) is 6.85. The summed E-state index contributed by atoms with van der Waals surface area (Å²) in [5.74, 6) is -4.66. The first-order valence-corrected chi connectivity index (χ1v) is 10.8. The summed E-state index contributed by atoms with van der Waals surface area (Å²) in [5, 5.41) is 6.38. The standard InChI is InChI=1S/C23H20ClFN4O4/c1-10-14(24)7-6-13-19(10)27-22(33)23(13)18-17(15(28-23)8-16(26)30)20(31)29(21(18)32)9-11-2-4-12(25)5-3-11/h2-7,15,17-18,28H,8-9H2,1H3,(H2,26,30)(H,27,33)/t15-,17+,18-,23-/m0/s1. The molecule has 33 heavy (non-hydrogen) atoms. The zero-order valence-electron chi connectivity index (χ0n) is 17.5. The van der Waals surface area contributed by atoms with Gasteiger partial charge in [-0.05, 0) is 36.2 Å². The second-order valence-corrected chi connectivity index (χ2v) is 9.08. The van der Waals surface area contributed by atoms with Gasteiger partial charge >= 0.3 is 0 Å². The van der Waals surface area contributed by atoms with E-state index >= 15 is 0 Å². The smallest absolute Gasteiger partial charge is 0.250 e. The van der Waals surface area contributed by atoms with Crippen molar-refractivity contribution in [2.45, 2.75) is 31.5 Å². The van der Waals surface area contributed by atoms with E-state index < -0.39 is 52.9 Å². The van der Waals surface area contributed by atoms with Gasteiger partial charge in [0.1, 0.15) is 11.4 Å². The zero-order chi connectivity index (χ0) is 23.7. The van der Waals surface area contributed by atoms with Crippen LogP contribution in [-0.4, -0.2) is 34.6 Å². The van der Waals surface area contributed by atoms with Crippen LogP contribution in [0, 0.1) is 24.6 Å². The highest BCUT2D eigenvalue weighted by Crippen LogP contribution is 2.54. The normalized spacial score (nSPS) is 27.8. The number of carbonyl (C=O) groups is 4. The third kappa shape index (κ3) is 2.99. The maximum atomic E-state index is 13.6. The molecule has 0 aromatic heterocycles. The van der Waals surface area contributed by atoms with Crippen LogP contribution in [-0.2, 0) is 31.3 Å². The van der Waals surface area contributed by atoms with Crippen molar-refractivity contribution in [1.29, 1.82) is 0 Å². The maximum absolute atomic E-state index is 13.6. The summed E-state index contributed by atoms with van der Waals surface area (Å²) in [4.78, 5) is 53.3. The molecule has 0 unspecified atom stereocenters.